The molecule has 0 radical (unpaired) electrons. The number of halogens is 1. The standard InChI is InChI=1S/C22H23ClN4O3S/c1-13-4-5-17-18(10-13)31-21(24-17)25-20(28)16-12-15(23)11-14(2)19(16)30-22(29)27-8-6-26(3)7-9-27/h4-5,10-12H,6-9H2,1-3H3,(H,24,25,28). The molecule has 1 aromatic heterocycles. The lowest BCUT2D eigenvalue weighted by atomic mass is 10.1. The number of aryl methyl sites for hydroxylation is 2. The van der Waals surface area contributed by atoms with Crippen LogP contribution in [0.1, 0.15) is 21.5 Å². The van der Waals surface area contributed by atoms with E-state index in [-0.39, 0.29) is 11.3 Å². The molecule has 3 aromatic rings. The van der Waals surface area contributed by atoms with Crippen molar-refractivity contribution in [3.05, 3.63) is 52.0 Å². The molecule has 0 aliphatic carbocycles. The van der Waals surface area contributed by atoms with Crippen LogP contribution in [-0.4, -0.2) is 60.0 Å². The van der Waals surface area contributed by atoms with Crippen LogP contribution in [0.3, 0.4) is 0 Å². The van der Waals surface area contributed by atoms with Crippen molar-refractivity contribution in [2.75, 3.05) is 38.5 Å². The Morgan fingerprint density at radius 2 is 1.87 bits per heavy atom. The van der Waals surface area contributed by atoms with E-state index in [2.05, 4.69) is 15.2 Å². The summed E-state index contributed by atoms with van der Waals surface area (Å²) in [5, 5.41) is 3.68. The molecule has 7 nitrogen and oxygen atoms in total. The van der Waals surface area contributed by atoms with Crippen molar-refractivity contribution in [3.63, 3.8) is 0 Å². The van der Waals surface area contributed by atoms with Gasteiger partial charge in [-0.2, -0.15) is 0 Å². The van der Waals surface area contributed by atoms with E-state index in [0.717, 1.165) is 28.9 Å². The van der Waals surface area contributed by atoms with E-state index in [4.69, 9.17) is 16.3 Å². The van der Waals surface area contributed by atoms with Gasteiger partial charge in [-0.1, -0.05) is 29.0 Å². The molecule has 31 heavy (non-hydrogen) atoms. The maximum absolute atomic E-state index is 13.1. The number of likely N-dealkylation sites (N-methyl/N-ethyl adjacent to an activating group) is 1. The molecule has 0 spiro atoms. The van der Waals surface area contributed by atoms with Gasteiger partial charge < -0.3 is 14.5 Å². The van der Waals surface area contributed by atoms with E-state index >= 15 is 0 Å². The molecule has 0 unspecified atom stereocenters. The molecule has 1 fully saturated rings. The van der Waals surface area contributed by atoms with Crippen LogP contribution in [0.25, 0.3) is 10.2 Å². The first-order valence-corrected chi connectivity index (χ1v) is 11.1. The number of amides is 2. The second-order valence-corrected chi connectivity index (χ2v) is 9.17. The largest absolute Gasteiger partial charge is 0.415 e. The number of hydrogen-bond acceptors (Lipinski definition) is 6. The molecule has 9 heteroatoms. The zero-order valence-corrected chi connectivity index (χ0v) is 19.1. The molecule has 0 atom stereocenters. The van der Waals surface area contributed by atoms with Gasteiger partial charge in [0.25, 0.3) is 5.91 Å². The number of fused-ring (bicyclic) bond motifs is 1. The molecule has 1 N–H and O–H groups in total. The quantitative estimate of drug-likeness (QED) is 0.622. The van der Waals surface area contributed by atoms with Gasteiger partial charge in [-0.05, 0) is 56.3 Å². The topological polar surface area (TPSA) is 74.8 Å². The Morgan fingerprint density at radius 3 is 2.61 bits per heavy atom. The fraction of sp³-hybridized carbons (Fsp3) is 0.318. The Bertz CT molecular complexity index is 1160. The number of carbonyl (C=O) groups is 2. The van der Waals surface area contributed by atoms with E-state index in [1.165, 1.54) is 17.4 Å². The number of ether oxygens (including phenoxy) is 1. The Labute approximate surface area is 189 Å². The molecule has 1 aliphatic rings. The average molecular weight is 459 g/mol. The van der Waals surface area contributed by atoms with Crippen LogP contribution < -0.4 is 10.1 Å². The van der Waals surface area contributed by atoms with Crippen molar-refractivity contribution in [3.8, 4) is 5.75 Å². The maximum atomic E-state index is 13.1. The summed E-state index contributed by atoms with van der Waals surface area (Å²) in [6.07, 6.45) is -0.469. The van der Waals surface area contributed by atoms with Gasteiger partial charge in [0.1, 0.15) is 5.75 Å². The highest BCUT2D eigenvalue weighted by Crippen LogP contribution is 2.31. The average Bonchev–Trinajstić information content (AvgIpc) is 3.11. The summed E-state index contributed by atoms with van der Waals surface area (Å²) >= 11 is 7.59. The highest BCUT2D eigenvalue weighted by molar-refractivity contribution is 7.22. The summed E-state index contributed by atoms with van der Waals surface area (Å²) in [6.45, 7) is 6.48. The highest BCUT2D eigenvalue weighted by atomic mass is 35.5. The molecule has 0 bridgehead atoms. The minimum atomic E-state index is -0.469. The van der Waals surface area contributed by atoms with Gasteiger partial charge in [0, 0.05) is 31.2 Å². The van der Waals surface area contributed by atoms with Crippen molar-refractivity contribution < 1.29 is 14.3 Å². The lowest BCUT2D eigenvalue weighted by molar-refractivity contribution is 0.101. The number of piperazine rings is 1. The van der Waals surface area contributed by atoms with Gasteiger partial charge in [-0.3, -0.25) is 10.1 Å². The van der Waals surface area contributed by atoms with Gasteiger partial charge in [0.05, 0.1) is 15.8 Å². The Morgan fingerprint density at radius 1 is 1.13 bits per heavy atom. The zero-order valence-electron chi connectivity index (χ0n) is 17.6. The van der Waals surface area contributed by atoms with Gasteiger partial charge in [-0.25, -0.2) is 9.78 Å². The Kier molecular flexibility index (Phi) is 6.13. The third-order valence-corrected chi connectivity index (χ3v) is 6.35. The molecular formula is C22H23ClN4O3S. The number of hydrogen-bond donors (Lipinski definition) is 1. The van der Waals surface area contributed by atoms with Gasteiger partial charge >= 0.3 is 6.09 Å². The molecule has 2 heterocycles. The van der Waals surface area contributed by atoms with Crippen molar-refractivity contribution >= 4 is 50.3 Å². The first kappa shape index (κ1) is 21.5. The van der Waals surface area contributed by atoms with Crippen LogP contribution in [0.4, 0.5) is 9.93 Å². The third kappa shape index (κ3) is 4.81. The summed E-state index contributed by atoms with van der Waals surface area (Å²) < 4.78 is 6.66. The van der Waals surface area contributed by atoms with Crippen LogP contribution in [0.2, 0.25) is 5.02 Å². The summed E-state index contributed by atoms with van der Waals surface area (Å²) in [7, 11) is 2.01. The normalized spacial score (nSPS) is 14.6. The van der Waals surface area contributed by atoms with Crippen molar-refractivity contribution in [1.29, 1.82) is 0 Å². The molecule has 1 saturated heterocycles. The summed E-state index contributed by atoms with van der Waals surface area (Å²) in [5.74, 6) is -0.217. The van der Waals surface area contributed by atoms with Crippen LogP contribution in [0.5, 0.6) is 5.75 Å². The maximum Gasteiger partial charge on any atom is 0.415 e. The van der Waals surface area contributed by atoms with Crippen LogP contribution in [0, 0.1) is 13.8 Å². The molecule has 2 amide bonds. The number of benzene rings is 2. The summed E-state index contributed by atoms with van der Waals surface area (Å²) in [6, 6.07) is 9.10. The minimum absolute atomic E-state index is 0.197. The predicted octanol–water partition coefficient (Wildman–Crippen LogP) is 4.57. The molecule has 4 rings (SSSR count). The fourth-order valence-corrected chi connectivity index (χ4v) is 4.66. The molecule has 1 aliphatic heterocycles. The molecular weight excluding hydrogens is 436 g/mol. The highest BCUT2D eigenvalue weighted by Gasteiger charge is 2.25. The number of thiazole rings is 1. The van der Waals surface area contributed by atoms with E-state index in [0.29, 0.717) is 28.8 Å². The van der Waals surface area contributed by atoms with Crippen LogP contribution in [-0.2, 0) is 0 Å². The van der Waals surface area contributed by atoms with Gasteiger partial charge in [0.15, 0.2) is 5.13 Å². The van der Waals surface area contributed by atoms with Gasteiger partial charge in [0.2, 0.25) is 0 Å². The van der Waals surface area contributed by atoms with E-state index < -0.39 is 12.0 Å². The lowest BCUT2D eigenvalue weighted by Crippen LogP contribution is -2.48. The number of aromatic nitrogens is 1. The van der Waals surface area contributed by atoms with Gasteiger partial charge in [-0.15, -0.1) is 0 Å². The van der Waals surface area contributed by atoms with Crippen molar-refractivity contribution in [2.45, 2.75) is 13.8 Å². The Balaban J connectivity index is 1.57. The summed E-state index contributed by atoms with van der Waals surface area (Å²) in [5.41, 5.74) is 2.75. The van der Waals surface area contributed by atoms with Crippen LogP contribution in [0.15, 0.2) is 30.3 Å². The first-order chi connectivity index (χ1) is 14.8. The van der Waals surface area contributed by atoms with E-state index in [9.17, 15) is 9.59 Å². The van der Waals surface area contributed by atoms with E-state index in [1.807, 2.05) is 32.2 Å². The van der Waals surface area contributed by atoms with E-state index in [1.54, 1.807) is 17.9 Å². The number of nitrogens with one attached hydrogen (secondary N) is 1. The Hall–Kier alpha value is -2.68. The molecule has 162 valence electrons. The minimum Gasteiger partial charge on any atom is -0.409 e. The van der Waals surface area contributed by atoms with Crippen LogP contribution >= 0.6 is 22.9 Å². The third-order valence-electron chi connectivity index (χ3n) is 5.20. The first-order valence-electron chi connectivity index (χ1n) is 9.94. The fourth-order valence-electron chi connectivity index (χ4n) is 3.42. The monoisotopic (exact) mass is 458 g/mol. The molecule has 2 aromatic carbocycles. The smallest absolute Gasteiger partial charge is 0.409 e. The summed E-state index contributed by atoms with van der Waals surface area (Å²) in [4.78, 5) is 34.0. The lowest BCUT2D eigenvalue weighted by Gasteiger charge is -2.31. The second-order valence-electron chi connectivity index (χ2n) is 7.70. The number of carbonyl (C=O) groups excluding carboxylic acids is 2. The molecule has 0 saturated carbocycles. The zero-order chi connectivity index (χ0) is 22.1. The number of rotatable bonds is 3. The second kappa shape index (κ2) is 8.82. The predicted molar refractivity (Wildman–Crippen MR) is 124 cm³/mol. The van der Waals surface area contributed by atoms with Crippen molar-refractivity contribution in [1.82, 2.24) is 14.8 Å². The SMILES string of the molecule is Cc1ccc2nc(NC(=O)c3cc(Cl)cc(C)c3OC(=O)N3CCN(C)CC3)sc2c1. The number of nitrogens with zero attached hydrogens (tertiary/aromatic N) is 3. The number of anilines is 1. The van der Waals surface area contributed by atoms with Crippen molar-refractivity contribution in [2.24, 2.45) is 0 Å².